The summed E-state index contributed by atoms with van der Waals surface area (Å²) < 4.78 is 22.6. The SMILES string of the molecule is O=C(CNC(=O)NC[C@H]1CCS(=O)(=O)C1)Nc1ccc(Cl)cc1. The van der Waals surface area contributed by atoms with Gasteiger partial charge in [0.05, 0.1) is 18.1 Å². The van der Waals surface area contributed by atoms with Crippen molar-refractivity contribution in [1.29, 1.82) is 0 Å². The molecule has 0 aliphatic carbocycles. The molecule has 0 bridgehead atoms. The van der Waals surface area contributed by atoms with Crippen molar-refractivity contribution in [2.75, 3.05) is 29.9 Å². The molecule has 0 unspecified atom stereocenters. The fourth-order valence-corrected chi connectivity index (χ4v) is 4.22. The van der Waals surface area contributed by atoms with Gasteiger partial charge in [0.2, 0.25) is 5.91 Å². The number of benzene rings is 1. The normalized spacial score (nSPS) is 19.1. The largest absolute Gasteiger partial charge is 0.338 e. The average Bonchev–Trinajstić information content (AvgIpc) is 2.85. The first kappa shape index (κ1) is 17.6. The summed E-state index contributed by atoms with van der Waals surface area (Å²) in [4.78, 5) is 23.3. The Balaban J connectivity index is 1.66. The lowest BCUT2D eigenvalue weighted by Gasteiger charge is -2.11. The number of halogens is 1. The summed E-state index contributed by atoms with van der Waals surface area (Å²) in [6.07, 6.45) is 0.555. The van der Waals surface area contributed by atoms with Crippen molar-refractivity contribution >= 4 is 39.1 Å². The molecule has 3 N–H and O–H groups in total. The molecule has 1 aromatic carbocycles. The number of hydrogen-bond acceptors (Lipinski definition) is 4. The van der Waals surface area contributed by atoms with Crippen LogP contribution in [0.4, 0.5) is 10.5 Å². The van der Waals surface area contributed by atoms with Crippen LogP contribution in [-0.2, 0) is 14.6 Å². The van der Waals surface area contributed by atoms with Gasteiger partial charge in [-0.25, -0.2) is 13.2 Å². The number of rotatable bonds is 5. The van der Waals surface area contributed by atoms with Crippen LogP contribution in [-0.4, -0.2) is 45.0 Å². The van der Waals surface area contributed by atoms with Crippen molar-refractivity contribution in [1.82, 2.24) is 10.6 Å². The van der Waals surface area contributed by atoms with Crippen LogP contribution in [0.1, 0.15) is 6.42 Å². The first-order valence-corrected chi connectivity index (χ1v) is 9.31. The molecule has 1 atom stereocenters. The Bertz CT molecular complexity index is 676. The van der Waals surface area contributed by atoms with Gasteiger partial charge < -0.3 is 16.0 Å². The number of urea groups is 1. The molecule has 9 heteroatoms. The molecule has 1 aliphatic heterocycles. The summed E-state index contributed by atoms with van der Waals surface area (Å²) in [6.45, 7) is 0.0985. The van der Waals surface area contributed by atoms with E-state index in [1.54, 1.807) is 24.3 Å². The Morgan fingerprint density at radius 1 is 1.17 bits per heavy atom. The van der Waals surface area contributed by atoms with E-state index in [4.69, 9.17) is 11.6 Å². The molecule has 0 saturated carbocycles. The Hall–Kier alpha value is -1.80. The van der Waals surface area contributed by atoms with Gasteiger partial charge >= 0.3 is 6.03 Å². The second-order valence-electron chi connectivity index (χ2n) is 5.39. The zero-order valence-corrected chi connectivity index (χ0v) is 13.9. The van der Waals surface area contributed by atoms with E-state index in [0.717, 1.165) is 0 Å². The summed E-state index contributed by atoms with van der Waals surface area (Å²) in [6, 6.07) is 6.10. The minimum absolute atomic E-state index is 0.0614. The maximum atomic E-state index is 11.7. The minimum Gasteiger partial charge on any atom is -0.338 e. The van der Waals surface area contributed by atoms with E-state index in [9.17, 15) is 18.0 Å². The number of amides is 3. The van der Waals surface area contributed by atoms with E-state index >= 15 is 0 Å². The number of carbonyl (C=O) groups excluding carboxylic acids is 2. The van der Waals surface area contributed by atoms with E-state index in [-0.39, 0.29) is 36.4 Å². The Kier molecular flexibility index (Phi) is 5.84. The van der Waals surface area contributed by atoms with E-state index in [2.05, 4.69) is 16.0 Å². The Morgan fingerprint density at radius 3 is 2.48 bits per heavy atom. The van der Waals surface area contributed by atoms with E-state index in [1.807, 2.05) is 0 Å². The number of carbonyl (C=O) groups is 2. The predicted octanol–water partition coefficient (Wildman–Crippen LogP) is 1.01. The highest BCUT2D eigenvalue weighted by Crippen LogP contribution is 2.17. The van der Waals surface area contributed by atoms with E-state index in [1.165, 1.54) is 0 Å². The smallest absolute Gasteiger partial charge is 0.315 e. The van der Waals surface area contributed by atoms with Gasteiger partial charge in [-0.3, -0.25) is 4.79 Å². The minimum atomic E-state index is -2.95. The van der Waals surface area contributed by atoms with Gasteiger partial charge in [0, 0.05) is 17.3 Å². The molecular weight excluding hydrogens is 342 g/mol. The molecule has 1 heterocycles. The van der Waals surface area contributed by atoms with Crippen molar-refractivity contribution < 1.29 is 18.0 Å². The van der Waals surface area contributed by atoms with Crippen LogP contribution in [0.2, 0.25) is 5.02 Å². The monoisotopic (exact) mass is 359 g/mol. The van der Waals surface area contributed by atoms with Gasteiger partial charge in [-0.1, -0.05) is 11.6 Å². The van der Waals surface area contributed by atoms with Crippen molar-refractivity contribution in [3.05, 3.63) is 29.3 Å². The molecule has 126 valence electrons. The molecule has 3 amide bonds. The lowest BCUT2D eigenvalue weighted by Crippen LogP contribution is -2.41. The molecule has 2 rings (SSSR count). The summed E-state index contributed by atoms with van der Waals surface area (Å²) >= 11 is 5.74. The van der Waals surface area contributed by atoms with E-state index in [0.29, 0.717) is 17.1 Å². The van der Waals surface area contributed by atoms with Crippen molar-refractivity contribution in [3.8, 4) is 0 Å². The lowest BCUT2D eigenvalue weighted by atomic mass is 10.1. The van der Waals surface area contributed by atoms with Gasteiger partial charge in [0.25, 0.3) is 0 Å². The molecule has 1 saturated heterocycles. The number of nitrogens with one attached hydrogen (secondary N) is 3. The van der Waals surface area contributed by atoms with Crippen LogP contribution in [0.25, 0.3) is 0 Å². The number of sulfone groups is 1. The van der Waals surface area contributed by atoms with Crippen LogP contribution in [0.3, 0.4) is 0 Å². The maximum absolute atomic E-state index is 11.7. The van der Waals surface area contributed by atoms with Gasteiger partial charge in [-0.2, -0.15) is 0 Å². The highest BCUT2D eigenvalue weighted by atomic mass is 35.5. The molecule has 1 aromatic rings. The lowest BCUT2D eigenvalue weighted by molar-refractivity contribution is -0.115. The van der Waals surface area contributed by atoms with Gasteiger partial charge in [-0.15, -0.1) is 0 Å². The highest BCUT2D eigenvalue weighted by Gasteiger charge is 2.27. The van der Waals surface area contributed by atoms with Crippen molar-refractivity contribution in [2.24, 2.45) is 5.92 Å². The summed E-state index contributed by atoms with van der Waals surface area (Å²) in [7, 11) is -2.95. The fraction of sp³-hybridized carbons (Fsp3) is 0.429. The van der Waals surface area contributed by atoms with E-state index < -0.39 is 15.9 Å². The Morgan fingerprint density at radius 2 is 1.87 bits per heavy atom. The molecule has 1 fully saturated rings. The predicted molar refractivity (Wildman–Crippen MR) is 88.2 cm³/mol. The molecule has 23 heavy (non-hydrogen) atoms. The Labute approximate surface area is 139 Å². The van der Waals surface area contributed by atoms with Gasteiger partial charge in [0.15, 0.2) is 9.84 Å². The molecule has 7 nitrogen and oxygen atoms in total. The first-order valence-electron chi connectivity index (χ1n) is 7.11. The van der Waals surface area contributed by atoms with Crippen molar-refractivity contribution in [3.63, 3.8) is 0 Å². The topological polar surface area (TPSA) is 104 Å². The van der Waals surface area contributed by atoms with Gasteiger partial charge in [0.1, 0.15) is 0 Å². The summed E-state index contributed by atoms with van der Waals surface area (Å²) in [5.41, 5.74) is 0.581. The zero-order valence-electron chi connectivity index (χ0n) is 12.3. The second kappa shape index (κ2) is 7.65. The van der Waals surface area contributed by atoms with Crippen LogP contribution in [0, 0.1) is 5.92 Å². The average molecular weight is 360 g/mol. The molecule has 0 aromatic heterocycles. The number of anilines is 1. The summed E-state index contributed by atoms with van der Waals surface area (Å²) in [5.74, 6) is -0.158. The second-order valence-corrected chi connectivity index (χ2v) is 8.05. The molecule has 0 radical (unpaired) electrons. The third-order valence-corrected chi connectivity index (χ3v) is 5.50. The van der Waals surface area contributed by atoms with Crippen LogP contribution in [0.5, 0.6) is 0 Å². The highest BCUT2D eigenvalue weighted by molar-refractivity contribution is 7.91. The van der Waals surface area contributed by atoms with Crippen LogP contribution < -0.4 is 16.0 Å². The zero-order chi connectivity index (χ0) is 16.9. The quantitative estimate of drug-likeness (QED) is 0.729. The maximum Gasteiger partial charge on any atom is 0.315 e. The van der Waals surface area contributed by atoms with Crippen molar-refractivity contribution in [2.45, 2.75) is 6.42 Å². The first-order chi connectivity index (χ1) is 10.8. The molecular formula is C14H18ClN3O4S. The fourth-order valence-electron chi connectivity index (χ4n) is 2.23. The third-order valence-electron chi connectivity index (χ3n) is 3.42. The third kappa shape index (κ3) is 6.07. The van der Waals surface area contributed by atoms with Gasteiger partial charge in [-0.05, 0) is 36.6 Å². The summed E-state index contributed by atoms with van der Waals surface area (Å²) in [5, 5.41) is 8.18. The molecule has 0 spiro atoms. The number of hydrogen-bond donors (Lipinski definition) is 3. The van der Waals surface area contributed by atoms with Crippen LogP contribution >= 0.6 is 11.6 Å². The molecule has 1 aliphatic rings. The van der Waals surface area contributed by atoms with Crippen LogP contribution in [0.15, 0.2) is 24.3 Å². The standard InChI is InChI=1S/C14H18ClN3O4S/c15-11-1-3-12(4-2-11)18-13(19)8-17-14(20)16-7-10-5-6-23(21,22)9-10/h1-4,10H,5-9H2,(H,18,19)(H2,16,17,20)/t10-/m1/s1.